The molecule has 0 aliphatic rings. The number of aliphatic hydroxyl groups is 1. The Balaban J connectivity index is 2.15. The van der Waals surface area contributed by atoms with Gasteiger partial charge in [-0.05, 0) is 37.0 Å². The van der Waals surface area contributed by atoms with E-state index in [1.807, 2.05) is 23.1 Å². The number of aliphatic hydroxyl groups excluding tert-OH is 1. The van der Waals surface area contributed by atoms with Gasteiger partial charge < -0.3 is 10.4 Å². The molecule has 2 N–H and O–H groups in total. The molecule has 0 spiro atoms. The molecular formula is C14H25NOS2. The summed E-state index contributed by atoms with van der Waals surface area (Å²) >= 11 is 3.74. The second kappa shape index (κ2) is 8.20. The van der Waals surface area contributed by atoms with Gasteiger partial charge in [0.2, 0.25) is 0 Å². The van der Waals surface area contributed by atoms with Gasteiger partial charge in [-0.2, -0.15) is 0 Å². The van der Waals surface area contributed by atoms with Gasteiger partial charge in [0.05, 0.1) is 10.8 Å². The zero-order valence-electron chi connectivity index (χ0n) is 11.6. The highest BCUT2D eigenvalue weighted by molar-refractivity contribution is 8.01. The average molecular weight is 287 g/mol. The lowest BCUT2D eigenvalue weighted by molar-refractivity contribution is 0.154. The van der Waals surface area contributed by atoms with Gasteiger partial charge in [0.15, 0.2) is 0 Å². The Hall–Kier alpha value is -0.0300. The van der Waals surface area contributed by atoms with Crippen LogP contribution in [0.5, 0.6) is 0 Å². The molecule has 1 rings (SSSR count). The van der Waals surface area contributed by atoms with Crippen LogP contribution in [0.2, 0.25) is 0 Å². The molecule has 0 radical (unpaired) electrons. The number of nitrogens with one attached hydrogen (secondary N) is 1. The Morgan fingerprint density at radius 1 is 1.44 bits per heavy atom. The standard InChI is InChI=1S/C14H25NOS2/c1-12(2)15-14(3,11-16)8-4-5-9-17-13-7-6-10-18-13/h6-7,10,12,15-16H,4-5,8-9,11H2,1-3H3. The fourth-order valence-electron chi connectivity index (χ4n) is 2.03. The molecule has 1 unspecified atom stereocenters. The molecule has 1 atom stereocenters. The highest BCUT2D eigenvalue weighted by Crippen LogP contribution is 2.25. The van der Waals surface area contributed by atoms with Crippen LogP contribution in [0.4, 0.5) is 0 Å². The topological polar surface area (TPSA) is 32.3 Å². The molecule has 0 aromatic carbocycles. The third-order valence-electron chi connectivity index (χ3n) is 2.85. The van der Waals surface area contributed by atoms with Crippen molar-refractivity contribution >= 4 is 23.1 Å². The normalized spacial score (nSPS) is 14.9. The lowest BCUT2D eigenvalue weighted by Crippen LogP contribution is -2.49. The van der Waals surface area contributed by atoms with Crippen LogP contribution >= 0.6 is 23.1 Å². The minimum atomic E-state index is -0.123. The number of rotatable bonds is 9. The van der Waals surface area contributed by atoms with Gasteiger partial charge in [0, 0.05) is 11.6 Å². The molecule has 1 aromatic rings. The maximum atomic E-state index is 9.47. The van der Waals surface area contributed by atoms with Crippen LogP contribution in [0.1, 0.15) is 40.0 Å². The Labute approximate surface area is 119 Å². The fraction of sp³-hybridized carbons (Fsp3) is 0.714. The summed E-state index contributed by atoms with van der Waals surface area (Å²) in [4.78, 5) is 0. The minimum Gasteiger partial charge on any atom is -0.394 e. The molecule has 1 aromatic heterocycles. The van der Waals surface area contributed by atoms with E-state index in [1.165, 1.54) is 16.4 Å². The predicted molar refractivity (Wildman–Crippen MR) is 82.7 cm³/mol. The van der Waals surface area contributed by atoms with Crippen molar-refractivity contribution in [2.45, 2.75) is 55.8 Å². The van der Waals surface area contributed by atoms with E-state index in [-0.39, 0.29) is 12.1 Å². The number of thiophene rings is 1. The summed E-state index contributed by atoms with van der Waals surface area (Å²) in [7, 11) is 0. The SMILES string of the molecule is CC(C)NC(C)(CO)CCCCSc1cccs1. The smallest absolute Gasteiger partial charge is 0.0610 e. The molecule has 0 fully saturated rings. The number of thioether (sulfide) groups is 1. The summed E-state index contributed by atoms with van der Waals surface area (Å²) in [5.41, 5.74) is -0.123. The summed E-state index contributed by atoms with van der Waals surface area (Å²) in [6.45, 7) is 6.57. The van der Waals surface area contributed by atoms with Crippen LogP contribution in [-0.2, 0) is 0 Å². The van der Waals surface area contributed by atoms with E-state index >= 15 is 0 Å². The first-order valence-electron chi connectivity index (χ1n) is 6.60. The van der Waals surface area contributed by atoms with Gasteiger partial charge in [-0.25, -0.2) is 0 Å². The Kier molecular flexibility index (Phi) is 7.30. The van der Waals surface area contributed by atoms with E-state index in [1.54, 1.807) is 0 Å². The van der Waals surface area contributed by atoms with Crippen molar-refractivity contribution in [2.75, 3.05) is 12.4 Å². The molecule has 0 amide bonds. The maximum absolute atomic E-state index is 9.47. The van der Waals surface area contributed by atoms with E-state index in [0.29, 0.717) is 6.04 Å². The Bertz CT molecular complexity index is 314. The van der Waals surface area contributed by atoms with Crippen LogP contribution in [0.15, 0.2) is 21.7 Å². The third-order valence-corrected chi connectivity index (χ3v) is 5.07. The van der Waals surface area contributed by atoms with Gasteiger partial charge in [0.1, 0.15) is 0 Å². The second-order valence-corrected chi connectivity index (χ2v) is 7.60. The predicted octanol–water partition coefficient (Wildman–Crippen LogP) is 3.76. The summed E-state index contributed by atoms with van der Waals surface area (Å²) in [5, 5.41) is 15.1. The van der Waals surface area contributed by atoms with E-state index in [4.69, 9.17) is 0 Å². The van der Waals surface area contributed by atoms with Crippen molar-refractivity contribution in [2.24, 2.45) is 0 Å². The molecule has 0 saturated carbocycles. The fourth-order valence-corrected chi connectivity index (χ4v) is 3.89. The molecular weight excluding hydrogens is 262 g/mol. The molecule has 104 valence electrons. The molecule has 0 aliphatic heterocycles. The highest BCUT2D eigenvalue weighted by atomic mass is 32.2. The van der Waals surface area contributed by atoms with Crippen LogP contribution in [0.25, 0.3) is 0 Å². The maximum Gasteiger partial charge on any atom is 0.0610 e. The summed E-state index contributed by atoms with van der Waals surface area (Å²) in [5.74, 6) is 1.17. The first kappa shape index (κ1) is 16.0. The van der Waals surface area contributed by atoms with Crippen molar-refractivity contribution in [3.05, 3.63) is 17.5 Å². The summed E-state index contributed by atoms with van der Waals surface area (Å²) in [6, 6.07) is 4.69. The van der Waals surface area contributed by atoms with Gasteiger partial charge >= 0.3 is 0 Å². The molecule has 2 nitrogen and oxygen atoms in total. The number of hydrogen-bond donors (Lipinski definition) is 2. The van der Waals surface area contributed by atoms with Crippen LogP contribution < -0.4 is 5.32 Å². The van der Waals surface area contributed by atoms with E-state index in [9.17, 15) is 5.11 Å². The Morgan fingerprint density at radius 3 is 2.78 bits per heavy atom. The van der Waals surface area contributed by atoms with Crippen LogP contribution in [0.3, 0.4) is 0 Å². The Morgan fingerprint density at radius 2 is 2.22 bits per heavy atom. The number of unbranched alkanes of at least 4 members (excludes halogenated alkanes) is 1. The monoisotopic (exact) mass is 287 g/mol. The zero-order valence-corrected chi connectivity index (χ0v) is 13.2. The largest absolute Gasteiger partial charge is 0.394 e. The van der Waals surface area contributed by atoms with Crippen molar-refractivity contribution in [1.82, 2.24) is 5.32 Å². The van der Waals surface area contributed by atoms with E-state index < -0.39 is 0 Å². The summed E-state index contributed by atoms with van der Waals surface area (Å²) < 4.78 is 1.40. The van der Waals surface area contributed by atoms with Crippen molar-refractivity contribution < 1.29 is 5.11 Å². The van der Waals surface area contributed by atoms with E-state index in [0.717, 1.165) is 12.8 Å². The molecule has 4 heteroatoms. The lowest BCUT2D eigenvalue weighted by Gasteiger charge is -2.31. The molecule has 0 saturated heterocycles. The molecule has 0 bridgehead atoms. The zero-order chi connectivity index (χ0) is 13.4. The number of hydrogen-bond acceptors (Lipinski definition) is 4. The first-order valence-corrected chi connectivity index (χ1v) is 8.47. The third kappa shape index (κ3) is 6.23. The van der Waals surface area contributed by atoms with Crippen molar-refractivity contribution in [3.63, 3.8) is 0 Å². The average Bonchev–Trinajstić information content (AvgIpc) is 2.80. The summed E-state index contributed by atoms with van der Waals surface area (Å²) in [6.07, 6.45) is 3.40. The van der Waals surface area contributed by atoms with Crippen LogP contribution in [-0.4, -0.2) is 29.0 Å². The lowest BCUT2D eigenvalue weighted by atomic mass is 9.95. The molecule has 0 aliphatic carbocycles. The first-order chi connectivity index (χ1) is 8.56. The minimum absolute atomic E-state index is 0.123. The van der Waals surface area contributed by atoms with Gasteiger partial charge in [-0.15, -0.1) is 23.1 Å². The van der Waals surface area contributed by atoms with Crippen LogP contribution in [0, 0.1) is 0 Å². The molecule has 18 heavy (non-hydrogen) atoms. The van der Waals surface area contributed by atoms with Gasteiger partial charge in [-0.1, -0.05) is 26.3 Å². The van der Waals surface area contributed by atoms with E-state index in [2.05, 4.69) is 43.6 Å². The quantitative estimate of drug-likeness (QED) is 0.536. The highest BCUT2D eigenvalue weighted by Gasteiger charge is 2.22. The van der Waals surface area contributed by atoms with Crippen molar-refractivity contribution in [3.8, 4) is 0 Å². The molecule has 1 heterocycles. The van der Waals surface area contributed by atoms with Crippen molar-refractivity contribution in [1.29, 1.82) is 0 Å². The van der Waals surface area contributed by atoms with Gasteiger partial charge in [0.25, 0.3) is 0 Å². The second-order valence-electron chi connectivity index (χ2n) is 5.26. The van der Waals surface area contributed by atoms with Gasteiger partial charge in [-0.3, -0.25) is 0 Å².